The highest BCUT2D eigenvalue weighted by Crippen LogP contribution is 2.10. The first-order chi connectivity index (χ1) is 8.61. The third-order valence-electron chi connectivity index (χ3n) is 3.12. The summed E-state index contributed by atoms with van der Waals surface area (Å²) in [6.45, 7) is 2.61. The van der Waals surface area contributed by atoms with Gasteiger partial charge in [0.15, 0.2) is 0 Å². The number of nitrogens with one attached hydrogen (secondary N) is 1. The van der Waals surface area contributed by atoms with E-state index in [1.807, 2.05) is 7.05 Å². The molecule has 0 aliphatic carbocycles. The Morgan fingerprint density at radius 3 is 2.94 bits per heavy atom. The summed E-state index contributed by atoms with van der Waals surface area (Å²) in [5.41, 5.74) is 5.63. The average molecular weight is 251 g/mol. The maximum Gasteiger partial charge on any atom is 0.274 e. The number of nitrogens with two attached hydrogens (primary N) is 1. The van der Waals surface area contributed by atoms with Crippen LogP contribution in [0.5, 0.6) is 0 Å². The number of amides is 1. The minimum atomic E-state index is -0.319. The van der Waals surface area contributed by atoms with Crippen molar-refractivity contribution in [2.45, 2.75) is 6.04 Å². The number of aromatic amines is 1. The maximum absolute atomic E-state index is 12.3. The first-order valence-electron chi connectivity index (χ1n) is 5.87. The molecule has 1 fully saturated rings. The Labute approximate surface area is 105 Å². The summed E-state index contributed by atoms with van der Waals surface area (Å²) in [7, 11) is 2.00. The predicted octanol–water partition coefficient (Wildman–Crippen LogP) is -1.52. The van der Waals surface area contributed by atoms with Crippen LogP contribution in [0, 0.1) is 0 Å². The van der Waals surface area contributed by atoms with Crippen molar-refractivity contribution in [1.82, 2.24) is 20.0 Å². The molecule has 1 aromatic rings. The number of H-pyrrole nitrogens is 1. The standard InChI is InChI=1S/C11H17N5O2/c1-15-4-5-16(8(6-12)7-15)11(18)9-2-3-10(17)14-13-9/h2-3,8H,4-7,12H2,1H3,(H,14,17). The second-order valence-corrected chi connectivity index (χ2v) is 4.46. The molecule has 18 heavy (non-hydrogen) atoms. The predicted molar refractivity (Wildman–Crippen MR) is 66.2 cm³/mol. The van der Waals surface area contributed by atoms with Crippen LogP contribution in [0.15, 0.2) is 16.9 Å². The Morgan fingerprint density at radius 1 is 1.56 bits per heavy atom. The number of piperazine rings is 1. The summed E-state index contributed by atoms with van der Waals surface area (Å²) in [6, 6.07) is 2.73. The molecule has 7 nitrogen and oxygen atoms in total. The van der Waals surface area contributed by atoms with E-state index in [9.17, 15) is 9.59 Å². The molecule has 1 aliphatic heterocycles. The molecule has 3 N–H and O–H groups in total. The summed E-state index contributed by atoms with van der Waals surface area (Å²) >= 11 is 0. The Balaban J connectivity index is 2.17. The highest BCUT2D eigenvalue weighted by Gasteiger charge is 2.29. The zero-order chi connectivity index (χ0) is 13.1. The monoisotopic (exact) mass is 251 g/mol. The quantitative estimate of drug-likeness (QED) is 0.666. The smallest absolute Gasteiger partial charge is 0.274 e. The third-order valence-corrected chi connectivity index (χ3v) is 3.12. The largest absolute Gasteiger partial charge is 0.330 e. The lowest BCUT2D eigenvalue weighted by atomic mass is 10.1. The number of hydrogen-bond acceptors (Lipinski definition) is 5. The van der Waals surface area contributed by atoms with Gasteiger partial charge in [0.05, 0.1) is 6.04 Å². The summed E-state index contributed by atoms with van der Waals surface area (Å²) in [5, 5.41) is 6.02. The average Bonchev–Trinajstić information content (AvgIpc) is 2.38. The van der Waals surface area contributed by atoms with Gasteiger partial charge in [-0.1, -0.05) is 0 Å². The van der Waals surface area contributed by atoms with Gasteiger partial charge >= 0.3 is 0 Å². The Kier molecular flexibility index (Phi) is 3.73. The molecule has 1 amide bonds. The fourth-order valence-corrected chi connectivity index (χ4v) is 2.09. The highest BCUT2D eigenvalue weighted by molar-refractivity contribution is 5.92. The zero-order valence-corrected chi connectivity index (χ0v) is 10.3. The summed E-state index contributed by atoms with van der Waals surface area (Å²) < 4.78 is 0. The molecular formula is C11H17N5O2. The molecule has 2 rings (SSSR count). The Hall–Kier alpha value is -1.73. The van der Waals surface area contributed by atoms with Crippen LogP contribution in [0.3, 0.4) is 0 Å². The molecule has 7 heteroatoms. The molecule has 0 bridgehead atoms. The molecule has 98 valence electrons. The van der Waals surface area contributed by atoms with E-state index < -0.39 is 0 Å². The second kappa shape index (κ2) is 5.28. The van der Waals surface area contributed by atoms with Gasteiger partial charge in [0, 0.05) is 32.2 Å². The van der Waals surface area contributed by atoms with Gasteiger partial charge in [0.1, 0.15) is 5.69 Å². The van der Waals surface area contributed by atoms with E-state index in [0.717, 1.165) is 13.1 Å². The molecule has 0 radical (unpaired) electrons. The topological polar surface area (TPSA) is 95.3 Å². The van der Waals surface area contributed by atoms with Crippen LogP contribution in [0.2, 0.25) is 0 Å². The SMILES string of the molecule is CN1CCN(C(=O)c2ccc(=O)[nH]n2)C(CN)C1. The normalized spacial score (nSPS) is 21.0. The molecular weight excluding hydrogens is 234 g/mol. The van der Waals surface area contributed by atoms with E-state index in [-0.39, 0.29) is 23.2 Å². The number of hydrogen-bond donors (Lipinski definition) is 2. The first kappa shape index (κ1) is 12.7. The van der Waals surface area contributed by atoms with Crippen molar-refractivity contribution in [3.8, 4) is 0 Å². The van der Waals surface area contributed by atoms with Gasteiger partial charge in [-0.05, 0) is 13.1 Å². The number of carbonyl (C=O) groups is 1. The second-order valence-electron chi connectivity index (χ2n) is 4.46. The van der Waals surface area contributed by atoms with Crippen molar-refractivity contribution in [1.29, 1.82) is 0 Å². The number of aromatic nitrogens is 2. The minimum Gasteiger partial charge on any atom is -0.330 e. The molecule has 1 saturated heterocycles. The van der Waals surface area contributed by atoms with Gasteiger partial charge in [-0.3, -0.25) is 9.59 Å². The Morgan fingerprint density at radius 2 is 2.33 bits per heavy atom. The number of likely N-dealkylation sites (N-methyl/N-ethyl adjacent to an activating group) is 1. The van der Waals surface area contributed by atoms with Crippen molar-refractivity contribution in [2.24, 2.45) is 5.73 Å². The van der Waals surface area contributed by atoms with E-state index in [0.29, 0.717) is 13.1 Å². The van der Waals surface area contributed by atoms with Crippen LogP contribution in [0.25, 0.3) is 0 Å². The molecule has 0 aromatic carbocycles. The Bertz CT molecular complexity index is 466. The summed E-state index contributed by atoms with van der Waals surface area (Å²) in [6.07, 6.45) is 0. The lowest BCUT2D eigenvalue weighted by molar-refractivity contribution is 0.0509. The molecule has 2 heterocycles. The van der Waals surface area contributed by atoms with Crippen molar-refractivity contribution >= 4 is 5.91 Å². The van der Waals surface area contributed by atoms with Gasteiger partial charge < -0.3 is 15.5 Å². The van der Waals surface area contributed by atoms with Gasteiger partial charge in [0.25, 0.3) is 11.5 Å². The minimum absolute atomic E-state index is 0.00928. The lowest BCUT2D eigenvalue weighted by Crippen LogP contribution is -2.56. The molecule has 0 spiro atoms. The van der Waals surface area contributed by atoms with Crippen molar-refractivity contribution in [2.75, 3.05) is 33.2 Å². The van der Waals surface area contributed by atoms with E-state index in [2.05, 4.69) is 15.1 Å². The van der Waals surface area contributed by atoms with Crippen molar-refractivity contribution in [3.63, 3.8) is 0 Å². The highest BCUT2D eigenvalue weighted by atomic mass is 16.2. The summed E-state index contributed by atoms with van der Waals surface area (Å²) in [5.74, 6) is -0.185. The number of carbonyl (C=O) groups excluding carboxylic acids is 1. The first-order valence-corrected chi connectivity index (χ1v) is 5.87. The van der Waals surface area contributed by atoms with Crippen LogP contribution < -0.4 is 11.3 Å². The van der Waals surface area contributed by atoms with Crippen molar-refractivity contribution < 1.29 is 4.79 Å². The van der Waals surface area contributed by atoms with Gasteiger partial charge in [0.2, 0.25) is 0 Å². The number of rotatable bonds is 2. The summed E-state index contributed by atoms with van der Waals surface area (Å²) in [4.78, 5) is 27.0. The van der Waals surface area contributed by atoms with Crippen LogP contribution in [0.1, 0.15) is 10.5 Å². The molecule has 1 aliphatic rings. The fourth-order valence-electron chi connectivity index (χ4n) is 2.09. The molecule has 1 unspecified atom stereocenters. The lowest BCUT2D eigenvalue weighted by Gasteiger charge is -2.39. The van der Waals surface area contributed by atoms with E-state index >= 15 is 0 Å². The molecule has 1 aromatic heterocycles. The molecule has 0 saturated carbocycles. The van der Waals surface area contributed by atoms with E-state index in [1.165, 1.54) is 12.1 Å². The van der Waals surface area contributed by atoms with Crippen molar-refractivity contribution in [3.05, 3.63) is 28.2 Å². The molecule has 1 atom stereocenters. The van der Waals surface area contributed by atoms with Crippen LogP contribution in [-0.4, -0.2) is 65.2 Å². The van der Waals surface area contributed by atoms with Crippen LogP contribution in [-0.2, 0) is 0 Å². The van der Waals surface area contributed by atoms with E-state index in [4.69, 9.17) is 5.73 Å². The number of nitrogens with zero attached hydrogens (tertiary/aromatic N) is 3. The maximum atomic E-state index is 12.3. The van der Waals surface area contributed by atoms with Gasteiger partial charge in [-0.2, -0.15) is 5.10 Å². The third kappa shape index (κ3) is 2.57. The van der Waals surface area contributed by atoms with Crippen LogP contribution >= 0.6 is 0 Å². The van der Waals surface area contributed by atoms with E-state index in [1.54, 1.807) is 4.90 Å². The van der Waals surface area contributed by atoms with Gasteiger partial charge in [-0.15, -0.1) is 0 Å². The van der Waals surface area contributed by atoms with Crippen LogP contribution in [0.4, 0.5) is 0 Å². The van der Waals surface area contributed by atoms with Gasteiger partial charge in [-0.25, -0.2) is 5.10 Å². The fraction of sp³-hybridized carbons (Fsp3) is 0.545. The zero-order valence-electron chi connectivity index (χ0n) is 10.3.